The molecular weight excluding hydrogens is 248 g/mol. The van der Waals surface area contributed by atoms with Gasteiger partial charge in [0.05, 0.1) is 0 Å². The molecule has 0 saturated carbocycles. The van der Waals surface area contributed by atoms with Crippen molar-refractivity contribution in [1.29, 1.82) is 0 Å². The molecule has 104 valence electrons. The highest BCUT2D eigenvalue weighted by molar-refractivity contribution is 5.93. The third-order valence-electron chi connectivity index (χ3n) is 3.26. The molecule has 1 aliphatic rings. The van der Waals surface area contributed by atoms with Crippen LogP contribution in [0.1, 0.15) is 49.1 Å². The first-order chi connectivity index (χ1) is 9.13. The maximum Gasteiger partial charge on any atom is 0.326 e. The number of hydrogen-bond donors (Lipinski definition) is 2. The van der Waals surface area contributed by atoms with Crippen LogP contribution in [0, 0.1) is 0 Å². The van der Waals surface area contributed by atoms with Crippen molar-refractivity contribution in [3.05, 3.63) is 11.6 Å². The third kappa shape index (κ3) is 2.91. The lowest BCUT2D eigenvalue weighted by Gasteiger charge is -2.31. The number of aryl methyl sites for hydroxylation is 1. The van der Waals surface area contributed by atoms with E-state index in [0.717, 1.165) is 25.7 Å². The first kappa shape index (κ1) is 13.5. The molecule has 1 aromatic heterocycles. The number of nitrogens with one attached hydrogen (secondary N) is 1. The van der Waals surface area contributed by atoms with Gasteiger partial charge >= 0.3 is 5.97 Å². The maximum absolute atomic E-state index is 12.2. The number of carbonyl (C=O) groups excluding carboxylic acids is 1. The predicted octanol–water partition coefficient (Wildman–Crippen LogP) is 0.837. The minimum absolute atomic E-state index is 0.0663. The quantitative estimate of drug-likeness (QED) is 0.841. The molecule has 7 nitrogen and oxygen atoms in total. The topological polar surface area (TPSA) is 99.2 Å². The molecule has 0 spiro atoms. The van der Waals surface area contributed by atoms with E-state index in [2.05, 4.69) is 15.2 Å². The number of H-pyrrole nitrogens is 1. The van der Waals surface area contributed by atoms with Gasteiger partial charge in [-0.1, -0.05) is 6.92 Å². The van der Waals surface area contributed by atoms with Crippen LogP contribution in [-0.2, 0) is 11.2 Å². The molecule has 1 fully saturated rings. The standard InChI is InChI=1S/C12H18N4O3/c1-2-5-9-13-10(15-14-9)11(17)16-7-4-3-6-8(16)12(18)19/h8H,2-7H2,1H3,(H,18,19)(H,13,14,15)/t8-/m1/s1. The summed E-state index contributed by atoms with van der Waals surface area (Å²) in [5.74, 6) is -0.630. The van der Waals surface area contributed by atoms with Gasteiger partial charge in [0.15, 0.2) is 0 Å². The summed E-state index contributed by atoms with van der Waals surface area (Å²) in [4.78, 5) is 28.9. The molecule has 1 amide bonds. The molecule has 0 bridgehead atoms. The number of likely N-dealkylation sites (tertiary alicyclic amines) is 1. The molecule has 2 rings (SSSR count). The molecule has 2 N–H and O–H groups in total. The zero-order valence-electron chi connectivity index (χ0n) is 10.9. The van der Waals surface area contributed by atoms with E-state index in [4.69, 9.17) is 5.11 Å². The number of hydrogen-bond acceptors (Lipinski definition) is 4. The number of carboxylic acid groups (broad SMARTS) is 1. The summed E-state index contributed by atoms with van der Waals surface area (Å²) in [6.07, 6.45) is 3.78. The monoisotopic (exact) mass is 266 g/mol. The smallest absolute Gasteiger partial charge is 0.326 e. The van der Waals surface area contributed by atoms with Gasteiger partial charge in [0.1, 0.15) is 11.9 Å². The normalized spacial score (nSPS) is 19.4. The molecule has 2 heterocycles. The van der Waals surface area contributed by atoms with Gasteiger partial charge in [-0.3, -0.25) is 9.89 Å². The number of nitrogens with zero attached hydrogens (tertiary/aromatic N) is 3. The first-order valence-corrected chi connectivity index (χ1v) is 6.58. The highest BCUT2D eigenvalue weighted by Gasteiger charge is 2.34. The van der Waals surface area contributed by atoms with Gasteiger partial charge < -0.3 is 10.0 Å². The fourth-order valence-corrected chi connectivity index (χ4v) is 2.30. The molecule has 1 aliphatic heterocycles. The molecule has 1 saturated heterocycles. The Kier molecular flexibility index (Phi) is 4.13. The van der Waals surface area contributed by atoms with E-state index in [0.29, 0.717) is 18.8 Å². The van der Waals surface area contributed by atoms with Crippen LogP contribution in [0.15, 0.2) is 0 Å². The summed E-state index contributed by atoms with van der Waals surface area (Å²) >= 11 is 0. The fourth-order valence-electron chi connectivity index (χ4n) is 2.30. The number of aromatic nitrogens is 3. The molecule has 1 aromatic rings. The zero-order valence-corrected chi connectivity index (χ0v) is 10.9. The maximum atomic E-state index is 12.2. The summed E-state index contributed by atoms with van der Waals surface area (Å²) < 4.78 is 0. The minimum atomic E-state index is -0.961. The number of carbonyl (C=O) groups is 2. The second-order valence-electron chi connectivity index (χ2n) is 4.70. The van der Waals surface area contributed by atoms with E-state index < -0.39 is 17.9 Å². The lowest BCUT2D eigenvalue weighted by atomic mass is 10.0. The summed E-state index contributed by atoms with van der Waals surface area (Å²) in [5.41, 5.74) is 0. The lowest BCUT2D eigenvalue weighted by Crippen LogP contribution is -2.48. The summed E-state index contributed by atoms with van der Waals surface area (Å²) in [6, 6.07) is -0.755. The number of carboxylic acids is 1. The van der Waals surface area contributed by atoms with Crippen molar-refractivity contribution in [3.8, 4) is 0 Å². The Labute approximate surface area is 111 Å². The van der Waals surface area contributed by atoms with Gasteiger partial charge in [-0.05, 0) is 25.7 Å². The highest BCUT2D eigenvalue weighted by atomic mass is 16.4. The average molecular weight is 266 g/mol. The second kappa shape index (κ2) is 5.81. The van der Waals surface area contributed by atoms with Crippen LogP contribution in [0.4, 0.5) is 0 Å². The molecule has 0 aromatic carbocycles. The third-order valence-corrected chi connectivity index (χ3v) is 3.26. The van der Waals surface area contributed by atoms with Crippen LogP contribution in [0.25, 0.3) is 0 Å². The van der Waals surface area contributed by atoms with Crippen molar-refractivity contribution in [2.45, 2.75) is 45.1 Å². The SMILES string of the molecule is CCCc1nc(C(=O)N2CCCC[C@@H]2C(=O)O)n[nH]1. The molecule has 19 heavy (non-hydrogen) atoms. The van der Waals surface area contributed by atoms with Gasteiger partial charge in [-0.15, -0.1) is 5.10 Å². The van der Waals surface area contributed by atoms with Gasteiger partial charge in [0.2, 0.25) is 5.82 Å². The molecular formula is C12H18N4O3. The Hall–Kier alpha value is -1.92. The van der Waals surface area contributed by atoms with Crippen molar-refractivity contribution in [2.75, 3.05) is 6.54 Å². The molecule has 7 heteroatoms. The van der Waals surface area contributed by atoms with Crippen LogP contribution < -0.4 is 0 Å². The number of piperidine rings is 1. The fraction of sp³-hybridized carbons (Fsp3) is 0.667. The summed E-state index contributed by atoms with van der Waals surface area (Å²) in [6.45, 7) is 2.46. The van der Waals surface area contributed by atoms with Crippen LogP contribution in [0.5, 0.6) is 0 Å². The zero-order chi connectivity index (χ0) is 13.8. The molecule has 0 radical (unpaired) electrons. The number of rotatable bonds is 4. The Balaban J connectivity index is 2.14. The van der Waals surface area contributed by atoms with Gasteiger partial charge in [-0.25, -0.2) is 9.78 Å². The van der Waals surface area contributed by atoms with E-state index in [-0.39, 0.29) is 5.82 Å². The Morgan fingerprint density at radius 2 is 2.26 bits per heavy atom. The highest BCUT2D eigenvalue weighted by Crippen LogP contribution is 2.19. The van der Waals surface area contributed by atoms with Gasteiger partial charge in [0.25, 0.3) is 5.91 Å². The van der Waals surface area contributed by atoms with Gasteiger partial charge in [-0.2, -0.15) is 0 Å². The Morgan fingerprint density at radius 3 is 2.95 bits per heavy atom. The first-order valence-electron chi connectivity index (χ1n) is 6.58. The largest absolute Gasteiger partial charge is 0.480 e. The Morgan fingerprint density at radius 1 is 1.47 bits per heavy atom. The van der Waals surface area contributed by atoms with Crippen LogP contribution in [-0.4, -0.2) is 49.7 Å². The van der Waals surface area contributed by atoms with Crippen LogP contribution >= 0.6 is 0 Å². The van der Waals surface area contributed by atoms with Crippen molar-refractivity contribution < 1.29 is 14.7 Å². The predicted molar refractivity (Wildman–Crippen MR) is 66.7 cm³/mol. The van der Waals surface area contributed by atoms with E-state index >= 15 is 0 Å². The molecule has 0 unspecified atom stereocenters. The number of aromatic amines is 1. The van der Waals surface area contributed by atoms with E-state index in [1.165, 1.54) is 4.90 Å². The van der Waals surface area contributed by atoms with Crippen molar-refractivity contribution >= 4 is 11.9 Å². The summed E-state index contributed by atoms with van der Waals surface area (Å²) in [7, 11) is 0. The molecule has 1 atom stereocenters. The van der Waals surface area contributed by atoms with E-state index in [1.807, 2.05) is 6.92 Å². The van der Waals surface area contributed by atoms with Gasteiger partial charge in [0, 0.05) is 13.0 Å². The van der Waals surface area contributed by atoms with Crippen molar-refractivity contribution in [3.63, 3.8) is 0 Å². The van der Waals surface area contributed by atoms with E-state index in [9.17, 15) is 9.59 Å². The Bertz CT molecular complexity index is 471. The number of aliphatic carboxylic acids is 1. The second-order valence-corrected chi connectivity index (χ2v) is 4.70. The van der Waals surface area contributed by atoms with E-state index in [1.54, 1.807) is 0 Å². The van der Waals surface area contributed by atoms with Crippen LogP contribution in [0.3, 0.4) is 0 Å². The van der Waals surface area contributed by atoms with Crippen molar-refractivity contribution in [1.82, 2.24) is 20.1 Å². The van der Waals surface area contributed by atoms with Crippen LogP contribution in [0.2, 0.25) is 0 Å². The summed E-state index contributed by atoms with van der Waals surface area (Å²) in [5, 5.41) is 15.7. The minimum Gasteiger partial charge on any atom is -0.480 e. The number of amides is 1. The average Bonchev–Trinajstić information content (AvgIpc) is 2.87. The molecule has 0 aliphatic carbocycles. The lowest BCUT2D eigenvalue weighted by molar-refractivity contribution is -0.143. The van der Waals surface area contributed by atoms with Crippen molar-refractivity contribution in [2.24, 2.45) is 0 Å².